The Morgan fingerprint density at radius 2 is 1.79 bits per heavy atom. The summed E-state index contributed by atoms with van der Waals surface area (Å²) in [6.07, 6.45) is 5.22. The van der Waals surface area contributed by atoms with Crippen LogP contribution in [0.25, 0.3) is 27.7 Å². The zero-order chi connectivity index (χ0) is 19.1. The molecular weight excluding hydrogens is 353 g/mol. The van der Waals surface area contributed by atoms with Gasteiger partial charge in [-0.25, -0.2) is 9.37 Å². The SMILES string of the molecule is O=c1cnc2ccccc2n1Cc1ccc(-c2ccc3cccn3c2)cc1F. The van der Waals surface area contributed by atoms with E-state index >= 15 is 0 Å². The molecule has 0 amide bonds. The minimum Gasteiger partial charge on any atom is -0.323 e. The molecule has 4 nitrogen and oxygen atoms in total. The molecule has 28 heavy (non-hydrogen) atoms. The van der Waals surface area contributed by atoms with Crippen molar-refractivity contribution in [1.82, 2.24) is 14.0 Å². The van der Waals surface area contributed by atoms with Gasteiger partial charge in [-0.15, -0.1) is 0 Å². The molecule has 0 radical (unpaired) electrons. The van der Waals surface area contributed by atoms with Crippen molar-refractivity contribution in [2.24, 2.45) is 0 Å². The third-order valence-electron chi connectivity index (χ3n) is 4.99. The lowest BCUT2D eigenvalue weighted by molar-refractivity contribution is 0.599. The summed E-state index contributed by atoms with van der Waals surface area (Å²) in [6.45, 7) is 0.157. The van der Waals surface area contributed by atoms with Crippen LogP contribution in [0.1, 0.15) is 5.56 Å². The maximum absolute atomic E-state index is 14.9. The molecule has 0 saturated carbocycles. The number of hydrogen-bond donors (Lipinski definition) is 0. The zero-order valence-electron chi connectivity index (χ0n) is 14.9. The molecular formula is C23H16FN3O. The second-order valence-electron chi connectivity index (χ2n) is 6.74. The molecule has 5 aromatic rings. The van der Waals surface area contributed by atoms with Crippen LogP contribution in [0.4, 0.5) is 4.39 Å². The number of aromatic nitrogens is 3. The van der Waals surface area contributed by atoms with Gasteiger partial charge in [0.2, 0.25) is 0 Å². The normalized spacial score (nSPS) is 11.3. The number of fused-ring (bicyclic) bond motifs is 2. The number of nitrogens with zero attached hydrogens (tertiary/aromatic N) is 3. The molecule has 5 rings (SSSR count). The van der Waals surface area contributed by atoms with E-state index < -0.39 is 0 Å². The van der Waals surface area contributed by atoms with E-state index in [9.17, 15) is 9.18 Å². The number of benzene rings is 2. The van der Waals surface area contributed by atoms with E-state index in [0.717, 1.165) is 16.6 Å². The van der Waals surface area contributed by atoms with E-state index in [2.05, 4.69) is 4.98 Å². The van der Waals surface area contributed by atoms with Gasteiger partial charge in [-0.1, -0.05) is 30.3 Å². The third-order valence-corrected chi connectivity index (χ3v) is 4.99. The number of pyridine rings is 1. The van der Waals surface area contributed by atoms with Gasteiger partial charge in [0.15, 0.2) is 0 Å². The second-order valence-corrected chi connectivity index (χ2v) is 6.74. The molecule has 136 valence electrons. The molecule has 3 heterocycles. The minimum absolute atomic E-state index is 0.157. The average molecular weight is 369 g/mol. The number of rotatable bonds is 3. The van der Waals surface area contributed by atoms with Crippen molar-refractivity contribution in [3.63, 3.8) is 0 Å². The van der Waals surface area contributed by atoms with E-state index in [-0.39, 0.29) is 17.9 Å². The molecule has 0 aliphatic rings. The zero-order valence-corrected chi connectivity index (χ0v) is 14.9. The Morgan fingerprint density at radius 1 is 0.929 bits per heavy atom. The minimum atomic E-state index is -0.335. The van der Waals surface area contributed by atoms with Gasteiger partial charge in [-0.2, -0.15) is 0 Å². The predicted molar refractivity (Wildman–Crippen MR) is 108 cm³/mol. The van der Waals surface area contributed by atoms with Crippen molar-refractivity contribution in [1.29, 1.82) is 0 Å². The first-order valence-electron chi connectivity index (χ1n) is 8.99. The van der Waals surface area contributed by atoms with Crippen LogP contribution in [0.3, 0.4) is 0 Å². The summed E-state index contributed by atoms with van der Waals surface area (Å²) in [7, 11) is 0. The van der Waals surface area contributed by atoms with Crippen LogP contribution in [0, 0.1) is 5.82 Å². The Bertz CT molecular complexity index is 1380. The van der Waals surface area contributed by atoms with Gasteiger partial charge in [0.25, 0.3) is 5.56 Å². The smallest absolute Gasteiger partial charge is 0.269 e. The fourth-order valence-electron chi connectivity index (χ4n) is 3.51. The maximum atomic E-state index is 14.9. The van der Waals surface area contributed by atoms with Gasteiger partial charge in [-0.3, -0.25) is 4.79 Å². The van der Waals surface area contributed by atoms with E-state index in [1.165, 1.54) is 12.3 Å². The highest BCUT2D eigenvalue weighted by atomic mass is 19.1. The summed E-state index contributed by atoms with van der Waals surface area (Å²) < 4.78 is 18.4. The Morgan fingerprint density at radius 3 is 2.68 bits per heavy atom. The summed E-state index contributed by atoms with van der Waals surface area (Å²) in [6, 6.07) is 20.5. The van der Waals surface area contributed by atoms with Gasteiger partial charge in [-0.05, 0) is 47.5 Å². The summed E-state index contributed by atoms with van der Waals surface area (Å²) in [5.74, 6) is -0.335. The molecule has 3 aromatic heterocycles. The molecule has 0 aliphatic carbocycles. The van der Waals surface area contributed by atoms with Crippen LogP contribution in [0.15, 0.2) is 90.1 Å². The molecule has 2 aromatic carbocycles. The largest absolute Gasteiger partial charge is 0.323 e. The van der Waals surface area contributed by atoms with Crippen molar-refractivity contribution in [2.75, 3.05) is 0 Å². The summed E-state index contributed by atoms with van der Waals surface area (Å²) in [5.41, 5.74) is 4.43. The van der Waals surface area contributed by atoms with Crippen molar-refractivity contribution in [2.45, 2.75) is 6.54 Å². The Balaban J connectivity index is 1.54. The molecule has 0 spiro atoms. The van der Waals surface area contributed by atoms with Gasteiger partial charge in [0.1, 0.15) is 5.82 Å². The van der Waals surface area contributed by atoms with Crippen molar-refractivity contribution < 1.29 is 4.39 Å². The summed E-state index contributed by atoms with van der Waals surface area (Å²) >= 11 is 0. The van der Waals surface area contributed by atoms with E-state index in [1.807, 2.05) is 71.4 Å². The van der Waals surface area contributed by atoms with E-state index in [4.69, 9.17) is 0 Å². The highest BCUT2D eigenvalue weighted by molar-refractivity contribution is 5.74. The Hall–Kier alpha value is -3.73. The lowest BCUT2D eigenvalue weighted by Crippen LogP contribution is -2.21. The fraction of sp³-hybridized carbons (Fsp3) is 0.0435. The third kappa shape index (κ3) is 2.77. The molecule has 0 N–H and O–H groups in total. The molecule has 0 unspecified atom stereocenters. The lowest BCUT2D eigenvalue weighted by Gasteiger charge is -2.11. The molecule has 0 saturated heterocycles. The molecule has 5 heteroatoms. The lowest BCUT2D eigenvalue weighted by atomic mass is 10.0. The first-order chi connectivity index (χ1) is 13.7. The van der Waals surface area contributed by atoms with E-state index in [0.29, 0.717) is 16.6 Å². The molecule has 0 fully saturated rings. The Kier molecular flexibility index (Phi) is 3.79. The topological polar surface area (TPSA) is 39.3 Å². The van der Waals surface area contributed by atoms with E-state index in [1.54, 1.807) is 10.6 Å². The standard InChI is InChI=1S/C23H16FN3O/c24-20-12-16(17-9-10-19-4-3-11-26(19)14-17)7-8-18(20)15-27-22-6-2-1-5-21(22)25-13-23(27)28/h1-14H,15H2. The van der Waals surface area contributed by atoms with Crippen LogP contribution in [0.2, 0.25) is 0 Å². The monoisotopic (exact) mass is 369 g/mol. The van der Waals surface area contributed by atoms with Crippen molar-refractivity contribution in [3.05, 3.63) is 107 Å². The average Bonchev–Trinajstić information content (AvgIpc) is 3.19. The molecule has 0 bridgehead atoms. The van der Waals surface area contributed by atoms with Gasteiger partial charge in [0, 0.05) is 23.5 Å². The number of halogens is 1. The predicted octanol–water partition coefficient (Wildman–Crippen LogP) is 4.50. The molecule has 0 aliphatic heterocycles. The maximum Gasteiger partial charge on any atom is 0.269 e. The van der Waals surface area contributed by atoms with Crippen LogP contribution < -0.4 is 5.56 Å². The summed E-state index contributed by atoms with van der Waals surface area (Å²) in [4.78, 5) is 16.5. The van der Waals surface area contributed by atoms with Gasteiger partial charge >= 0.3 is 0 Å². The second kappa shape index (κ2) is 6.46. The van der Waals surface area contributed by atoms with Crippen LogP contribution in [-0.4, -0.2) is 14.0 Å². The number of para-hydroxylation sites is 2. The molecule has 0 atom stereocenters. The van der Waals surface area contributed by atoms with Gasteiger partial charge in [0.05, 0.1) is 23.8 Å². The van der Waals surface area contributed by atoms with Crippen LogP contribution >= 0.6 is 0 Å². The quantitative estimate of drug-likeness (QED) is 0.470. The fourth-order valence-corrected chi connectivity index (χ4v) is 3.51. The highest BCUT2D eigenvalue weighted by Crippen LogP contribution is 2.24. The van der Waals surface area contributed by atoms with Crippen LogP contribution in [0.5, 0.6) is 0 Å². The first-order valence-corrected chi connectivity index (χ1v) is 8.99. The number of hydrogen-bond acceptors (Lipinski definition) is 2. The van der Waals surface area contributed by atoms with Crippen molar-refractivity contribution >= 4 is 16.6 Å². The summed E-state index contributed by atoms with van der Waals surface area (Å²) in [5, 5.41) is 0. The van der Waals surface area contributed by atoms with Crippen LogP contribution in [-0.2, 0) is 6.54 Å². The highest BCUT2D eigenvalue weighted by Gasteiger charge is 2.10. The van der Waals surface area contributed by atoms with Gasteiger partial charge < -0.3 is 8.97 Å². The first kappa shape index (κ1) is 16.4. The van der Waals surface area contributed by atoms with Crippen molar-refractivity contribution in [3.8, 4) is 11.1 Å². The Labute approximate surface area is 160 Å².